The number of hydrogen-bond donors (Lipinski definition) is 3. The maximum absolute atomic E-state index is 16.1. The number of carbonyl (C=O) groups is 1. The molecule has 0 atom stereocenters. The number of hydrogen-bond acceptors (Lipinski definition) is 6. The minimum absolute atomic E-state index is 0.00710. The number of nitrogens with zero attached hydrogens (tertiary/aromatic N) is 5. The van der Waals surface area contributed by atoms with Crippen LogP contribution >= 0.6 is 0 Å². The van der Waals surface area contributed by atoms with E-state index >= 15 is 4.39 Å². The zero-order chi connectivity index (χ0) is 27.2. The molecule has 1 aliphatic carbocycles. The zero-order valence-corrected chi connectivity index (χ0v) is 21.1. The van der Waals surface area contributed by atoms with Gasteiger partial charge in [0.1, 0.15) is 22.8 Å². The number of H-pyrrole nitrogens is 2. The van der Waals surface area contributed by atoms with Gasteiger partial charge >= 0.3 is 0 Å². The summed E-state index contributed by atoms with van der Waals surface area (Å²) in [6.07, 6.45) is 9.91. The Bertz CT molecular complexity index is 1910. The maximum Gasteiger partial charge on any atom is 0.227 e. The van der Waals surface area contributed by atoms with Gasteiger partial charge in [-0.3, -0.25) is 19.9 Å². The van der Waals surface area contributed by atoms with E-state index in [0.717, 1.165) is 25.7 Å². The molecular formula is C29H22F2N8O. The maximum atomic E-state index is 16.1. The number of carbonyl (C=O) groups excluding carboxylic acids is 1. The van der Waals surface area contributed by atoms with Crippen molar-refractivity contribution in [2.24, 2.45) is 5.92 Å². The van der Waals surface area contributed by atoms with Gasteiger partial charge in [-0.05, 0) is 37.1 Å². The monoisotopic (exact) mass is 536 g/mol. The van der Waals surface area contributed by atoms with E-state index in [4.69, 9.17) is 0 Å². The van der Waals surface area contributed by atoms with Crippen LogP contribution in [0.3, 0.4) is 0 Å². The van der Waals surface area contributed by atoms with Crippen LogP contribution in [-0.2, 0) is 4.79 Å². The predicted molar refractivity (Wildman–Crippen MR) is 146 cm³/mol. The van der Waals surface area contributed by atoms with Gasteiger partial charge in [0.15, 0.2) is 11.5 Å². The molecule has 1 amide bonds. The fraction of sp³-hybridized carbons (Fsp3) is 0.172. The molecule has 1 aliphatic rings. The summed E-state index contributed by atoms with van der Waals surface area (Å²) in [5.74, 6) is -0.661. The van der Waals surface area contributed by atoms with E-state index in [0.29, 0.717) is 45.1 Å². The Balaban J connectivity index is 1.28. The molecule has 3 N–H and O–H groups in total. The van der Waals surface area contributed by atoms with Crippen LogP contribution in [0.15, 0.2) is 61.2 Å². The summed E-state index contributed by atoms with van der Waals surface area (Å²) in [5, 5.41) is 10.1. The summed E-state index contributed by atoms with van der Waals surface area (Å²) < 4.78 is 30.0. The molecule has 1 aromatic carbocycles. The molecule has 198 valence electrons. The van der Waals surface area contributed by atoms with Crippen molar-refractivity contribution in [2.45, 2.75) is 25.7 Å². The van der Waals surface area contributed by atoms with E-state index < -0.39 is 5.82 Å². The number of benzene rings is 1. The van der Waals surface area contributed by atoms with Gasteiger partial charge in [0.05, 0.1) is 28.5 Å². The molecule has 0 bridgehead atoms. The third kappa shape index (κ3) is 4.15. The lowest BCUT2D eigenvalue weighted by Crippen LogP contribution is -2.20. The number of imidazole rings is 1. The number of anilines is 1. The molecular weight excluding hydrogens is 514 g/mol. The van der Waals surface area contributed by atoms with Crippen molar-refractivity contribution in [3.05, 3.63) is 72.8 Å². The second-order valence-electron chi connectivity index (χ2n) is 9.87. The lowest BCUT2D eigenvalue weighted by molar-refractivity contribution is -0.119. The van der Waals surface area contributed by atoms with Crippen molar-refractivity contribution < 1.29 is 13.6 Å². The molecule has 0 spiro atoms. The zero-order valence-electron chi connectivity index (χ0n) is 21.1. The molecule has 0 unspecified atom stereocenters. The summed E-state index contributed by atoms with van der Waals surface area (Å²) in [5.41, 5.74) is 3.86. The molecule has 6 aromatic rings. The number of halogens is 2. The topological polar surface area (TPSA) is 125 Å². The van der Waals surface area contributed by atoms with E-state index in [1.165, 1.54) is 24.5 Å². The van der Waals surface area contributed by atoms with Crippen LogP contribution in [0.1, 0.15) is 25.7 Å². The first kappa shape index (κ1) is 24.0. The molecule has 9 nitrogen and oxygen atoms in total. The number of fused-ring (bicyclic) bond motifs is 2. The number of amides is 1. The molecule has 1 fully saturated rings. The highest BCUT2D eigenvalue weighted by Crippen LogP contribution is 2.35. The minimum atomic E-state index is -0.557. The molecule has 5 aromatic heterocycles. The summed E-state index contributed by atoms with van der Waals surface area (Å²) in [6.45, 7) is 0. The third-order valence-electron chi connectivity index (χ3n) is 7.30. The smallest absolute Gasteiger partial charge is 0.227 e. The van der Waals surface area contributed by atoms with Gasteiger partial charge in [0.25, 0.3) is 0 Å². The fourth-order valence-corrected chi connectivity index (χ4v) is 5.31. The number of aromatic nitrogens is 7. The van der Waals surface area contributed by atoms with Gasteiger partial charge in [-0.1, -0.05) is 25.0 Å². The first-order valence-corrected chi connectivity index (χ1v) is 12.9. The number of pyridine rings is 3. The van der Waals surface area contributed by atoms with Crippen molar-refractivity contribution in [1.29, 1.82) is 0 Å². The molecule has 1 saturated carbocycles. The molecule has 0 aliphatic heterocycles. The second kappa shape index (κ2) is 9.60. The lowest BCUT2D eigenvalue weighted by atomic mass is 10.1. The summed E-state index contributed by atoms with van der Waals surface area (Å²) in [6, 6.07) is 9.52. The van der Waals surface area contributed by atoms with E-state index in [2.05, 4.69) is 40.4 Å². The molecule has 7 rings (SSSR count). The van der Waals surface area contributed by atoms with Crippen LogP contribution in [0.5, 0.6) is 0 Å². The van der Waals surface area contributed by atoms with Crippen LogP contribution in [0.4, 0.5) is 14.5 Å². The number of nitrogens with one attached hydrogen (secondary N) is 3. The van der Waals surface area contributed by atoms with Gasteiger partial charge in [-0.2, -0.15) is 5.10 Å². The Morgan fingerprint density at radius 3 is 2.73 bits per heavy atom. The average Bonchev–Trinajstić information content (AvgIpc) is 3.73. The SMILES string of the molecule is O=C(Nc1cncc(-c2cnc3n[nH]c(-c4nc5c(-c6cccc(F)c6)nccc5[nH]4)c3c2F)c1)C1CCCC1. The van der Waals surface area contributed by atoms with E-state index in [-0.39, 0.29) is 34.2 Å². The Morgan fingerprint density at radius 1 is 1.00 bits per heavy atom. The molecule has 0 saturated heterocycles. The predicted octanol–water partition coefficient (Wildman–Crippen LogP) is 6.03. The highest BCUT2D eigenvalue weighted by atomic mass is 19.1. The van der Waals surface area contributed by atoms with Crippen LogP contribution in [0.25, 0.3) is 56.0 Å². The van der Waals surface area contributed by atoms with E-state index in [9.17, 15) is 9.18 Å². The quantitative estimate of drug-likeness (QED) is 0.247. The Kier molecular flexibility index (Phi) is 5.76. The Labute approximate surface area is 226 Å². The first-order chi connectivity index (χ1) is 19.5. The normalized spacial score (nSPS) is 13.8. The van der Waals surface area contributed by atoms with Gasteiger partial charge in [0, 0.05) is 41.2 Å². The number of rotatable bonds is 5. The van der Waals surface area contributed by atoms with Crippen LogP contribution in [-0.4, -0.2) is 41.0 Å². The fourth-order valence-electron chi connectivity index (χ4n) is 5.31. The van der Waals surface area contributed by atoms with Crippen LogP contribution < -0.4 is 5.32 Å². The summed E-state index contributed by atoms with van der Waals surface area (Å²) >= 11 is 0. The largest absolute Gasteiger partial charge is 0.337 e. The lowest BCUT2D eigenvalue weighted by Gasteiger charge is -2.11. The van der Waals surface area contributed by atoms with E-state index in [1.807, 2.05) is 0 Å². The molecule has 11 heteroatoms. The van der Waals surface area contributed by atoms with Crippen molar-refractivity contribution in [3.63, 3.8) is 0 Å². The standard InChI is InChI=1S/C29H22F2N8O/c30-18-7-3-6-16(10-18)24-25-21(8-9-33-24)36-28(37-25)26-22-23(31)20(14-34-27(22)39-38-26)17-11-19(13-32-12-17)35-29(40)15-4-1-2-5-15/h3,6-15H,1-2,4-5H2,(H,35,40)(H,36,37)(H,34,38,39). The van der Waals surface area contributed by atoms with Crippen molar-refractivity contribution in [3.8, 4) is 33.9 Å². The second-order valence-corrected chi connectivity index (χ2v) is 9.87. The van der Waals surface area contributed by atoms with Gasteiger partial charge in [0.2, 0.25) is 5.91 Å². The van der Waals surface area contributed by atoms with Crippen molar-refractivity contribution >= 4 is 33.7 Å². The molecule has 5 heterocycles. The highest BCUT2D eigenvalue weighted by Gasteiger charge is 2.24. The Morgan fingerprint density at radius 2 is 1.88 bits per heavy atom. The summed E-state index contributed by atoms with van der Waals surface area (Å²) in [4.78, 5) is 33.4. The van der Waals surface area contributed by atoms with E-state index in [1.54, 1.807) is 36.7 Å². The Hall–Kier alpha value is -5.06. The molecule has 0 radical (unpaired) electrons. The summed E-state index contributed by atoms with van der Waals surface area (Å²) in [7, 11) is 0. The van der Waals surface area contributed by atoms with Crippen LogP contribution in [0.2, 0.25) is 0 Å². The molecule has 40 heavy (non-hydrogen) atoms. The van der Waals surface area contributed by atoms with Crippen molar-refractivity contribution in [2.75, 3.05) is 5.32 Å². The van der Waals surface area contributed by atoms with Crippen LogP contribution in [0, 0.1) is 17.6 Å². The average molecular weight is 537 g/mol. The highest BCUT2D eigenvalue weighted by molar-refractivity contribution is 5.97. The van der Waals surface area contributed by atoms with Gasteiger partial charge in [-0.15, -0.1) is 0 Å². The number of aromatic amines is 2. The van der Waals surface area contributed by atoms with Gasteiger partial charge in [-0.25, -0.2) is 18.7 Å². The first-order valence-electron chi connectivity index (χ1n) is 12.9. The van der Waals surface area contributed by atoms with Gasteiger partial charge < -0.3 is 10.3 Å². The minimum Gasteiger partial charge on any atom is -0.337 e. The van der Waals surface area contributed by atoms with Crippen molar-refractivity contribution in [1.82, 2.24) is 35.1 Å². The third-order valence-corrected chi connectivity index (χ3v) is 7.30.